The van der Waals surface area contributed by atoms with Crippen molar-refractivity contribution in [2.24, 2.45) is 0 Å². The molecule has 0 aliphatic carbocycles. The Balaban J connectivity index is 1.74. The number of hydrogen-bond acceptors (Lipinski definition) is 4. The molecule has 2 aromatic rings. The topological polar surface area (TPSA) is 80.3 Å². The zero-order valence-corrected chi connectivity index (χ0v) is 14.1. The molecule has 0 saturated carbocycles. The average Bonchev–Trinajstić information content (AvgIpc) is 2.55. The maximum atomic E-state index is 13.6. The number of carbonyl (C=O) groups excluding carboxylic acids is 2. The van der Waals surface area contributed by atoms with Crippen molar-refractivity contribution < 1.29 is 18.7 Å². The van der Waals surface area contributed by atoms with Crippen molar-refractivity contribution in [3.05, 3.63) is 53.5 Å². The summed E-state index contributed by atoms with van der Waals surface area (Å²) in [6.45, 7) is 2.02. The summed E-state index contributed by atoms with van der Waals surface area (Å²) < 4.78 is 18.4. The number of aromatic nitrogens is 1. The molecule has 0 atom stereocenters. The molecule has 7 heteroatoms. The number of aryl methyl sites for hydroxylation is 1. The third-order valence-corrected chi connectivity index (χ3v) is 3.41. The summed E-state index contributed by atoms with van der Waals surface area (Å²) in [6.07, 6.45) is 0.153. The van der Waals surface area contributed by atoms with Crippen molar-refractivity contribution >= 4 is 17.6 Å². The third-order valence-electron chi connectivity index (χ3n) is 3.41. The number of rotatable bonds is 7. The first-order valence-corrected chi connectivity index (χ1v) is 7.80. The Morgan fingerprint density at radius 1 is 1.20 bits per heavy atom. The highest BCUT2D eigenvalue weighted by atomic mass is 19.1. The first-order valence-electron chi connectivity index (χ1n) is 7.80. The minimum Gasteiger partial charge on any atom is -0.494 e. The normalized spacial score (nSPS) is 10.2. The van der Waals surface area contributed by atoms with Crippen molar-refractivity contribution in [1.29, 1.82) is 0 Å². The SMILES string of the molecule is COc1ccc(CC(=O)NCCC(=O)Nc2cccc(C)n2)cc1F. The molecule has 2 N–H and O–H groups in total. The summed E-state index contributed by atoms with van der Waals surface area (Å²) in [5.74, 6) is -0.437. The van der Waals surface area contributed by atoms with E-state index in [-0.39, 0.29) is 37.0 Å². The summed E-state index contributed by atoms with van der Waals surface area (Å²) in [6, 6.07) is 9.68. The first-order chi connectivity index (χ1) is 12.0. The fourth-order valence-electron chi connectivity index (χ4n) is 2.20. The summed E-state index contributed by atoms with van der Waals surface area (Å²) in [5, 5.41) is 5.29. The van der Waals surface area contributed by atoms with Crippen LogP contribution in [0.3, 0.4) is 0 Å². The quantitative estimate of drug-likeness (QED) is 0.806. The monoisotopic (exact) mass is 345 g/mol. The zero-order valence-electron chi connectivity index (χ0n) is 14.1. The molecule has 132 valence electrons. The largest absolute Gasteiger partial charge is 0.494 e. The number of pyridine rings is 1. The molecule has 0 saturated heterocycles. The standard InChI is InChI=1S/C18H20FN3O3/c1-12-4-3-5-16(21-12)22-17(23)8-9-20-18(24)11-13-6-7-15(25-2)14(19)10-13/h3-7,10H,8-9,11H2,1-2H3,(H,20,24)(H,21,22,23). The zero-order chi connectivity index (χ0) is 18.2. The number of hydrogen-bond donors (Lipinski definition) is 2. The van der Waals surface area contributed by atoms with Gasteiger partial charge in [0.05, 0.1) is 13.5 Å². The second-order valence-electron chi connectivity index (χ2n) is 5.46. The van der Waals surface area contributed by atoms with Crippen molar-refractivity contribution in [2.75, 3.05) is 19.0 Å². The van der Waals surface area contributed by atoms with Crippen LogP contribution in [0.2, 0.25) is 0 Å². The number of halogens is 1. The number of amides is 2. The van der Waals surface area contributed by atoms with E-state index in [1.807, 2.05) is 13.0 Å². The predicted molar refractivity (Wildman–Crippen MR) is 91.9 cm³/mol. The predicted octanol–water partition coefficient (Wildman–Crippen LogP) is 2.23. The summed E-state index contributed by atoms with van der Waals surface area (Å²) in [7, 11) is 1.38. The van der Waals surface area contributed by atoms with Crippen molar-refractivity contribution in [3.8, 4) is 5.75 Å². The van der Waals surface area contributed by atoms with Gasteiger partial charge in [-0.15, -0.1) is 0 Å². The number of nitrogens with one attached hydrogen (secondary N) is 2. The summed E-state index contributed by atoms with van der Waals surface area (Å²) in [5.41, 5.74) is 1.34. The number of anilines is 1. The van der Waals surface area contributed by atoms with Gasteiger partial charge in [0, 0.05) is 18.7 Å². The Kier molecular flexibility index (Phi) is 6.45. The highest BCUT2D eigenvalue weighted by Crippen LogP contribution is 2.17. The van der Waals surface area contributed by atoms with E-state index in [1.165, 1.54) is 19.2 Å². The number of carbonyl (C=O) groups is 2. The fourth-order valence-corrected chi connectivity index (χ4v) is 2.20. The van der Waals surface area contributed by atoms with Crippen LogP contribution in [0.15, 0.2) is 36.4 Å². The number of ether oxygens (including phenoxy) is 1. The van der Waals surface area contributed by atoms with Gasteiger partial charge in [0.1, 0.15) is 5.82 Å². The lowest BCUT2D eigenvalue weighted by molar-refractivity contribution is -0.120. The highest BCUT2D eigenvalue weighted by Gasteiger charge is 2.09. The van der Waals surface area contributed by atoms with Crippen LogP contribution in [0, 0.1) is 12.7 Å². The van der Waals surface area contributed by atoms with E-state index in [1.54, 1.807) is 18.2 Å². The Bertz CT molecular complexity index is 765. The second-order valence-corrected chi connectivity index (χ2v) is 5.46. The molecule has 1 aromatic carbocycles. The molecule has 0 aliphatic rings. The maximum Gasteiger partial charge on any atom is 0.227 e. The lowest BCUT2D eigenvalue weighted by Gasteiger charge is -2.08. The van der Waals surface area contributed by atoms with Gasteiger partial charge in [0.25, 0.3) is 0 Å². The Morgan fingerprint density at radius 3 is 2.68 bits per heavy atom. The van der Waals surface area contributed by atoms with E-state index >= 15 is 0 Å². The maximum absolute atomic E-state index is 13.6. The molecule has 0 spiro atoms. The fraction of sp³-hybridized carbons (Fsp3) is 0.278. The van der Waals surface area contributed by atoms with E-state index in [4.69, 9.17) is 4.74 Å². The molecule has 0 bridgehead atoms. The molecule has 6 nitrogen and oxygen atoms in total. The summed E-state index contributed by atoms with van der Waals surface area (Å²) >= 11 is 0. The lowest BCUT2D eigenvalue weighted by atomic mass is 10.1. The molecule has 1 heterocycles. The van der Waals surface area contributed by atoms with E-state index in [0.29, 0.717) is 11.4 Å². The van der Waals surface area contributed by atoms with Crippen LogP contribution in [0.5, 0.6) is 5.75 Å². The Morgan fingerprint density at radius 2 is 2.00 bits per heavy atom. The lowest BCUT2D eigenvalue weighted by Crippen LogP contribution is -2.29. The van der Waals surface area contributed by atoms with E-state index in [9.17, 15) is 14.0 Å². The van der Waals surface area contributed by atoms with Crippen molar-refractivity contribution in [1.82, 2.24) is 10.3 Å². The van der Waals surface area contributed by atoms with Crippen LogP contribution in [0.25, 0.3) is 0 Å². The third kappa shape index (κ3) is 5.87. The number of methoxy groups -OCH3 is 1. The van der Waals surface area contributed by atoms with Gasteiger partial charge in [-0.2, -0.15) is 0 Å². The molecule has 0 radical (unpaired) electrons. The molecule has 0 aliphatic heterocycles. The summed E-state index contributed by atoms with van der Waals surface area (Å²) in [4.78, 5) is 27.8. The van der Waals surface area contributed by atoms with E-state index < -0.39 is 5.82 Å². The first kappa shape index (κ1) is 18.4. The minimum atomic E-state index is -0.516. The molecular formula is C18H20FN3O3. The van der Waals surface area contributed by atoms with Gasteiger partial charge in [-0.05, 0) is 36.8 Å². The Hall–Kier alpha value is -2.96. The molecule has 25 heavy (non-hydrogen) atoms. The average molecular weight is 345 g/mol. The van der Waals surface area contributed by atoms with Crippen LogP contribution in [-0.4, -0.2) is 30.5 Å². The van der Waals surface area contributed by atoms with E-state index in [2.05, 4.69) is 15.6 Å². The Labute approximate surface area is 145 Å². The smallest absolute Gasteiger partial charge is 0.227 e. The van der Waals surface area contributed by atoms with Gasteiger partial charge in [-0.3, -0.25) is 9.59 Å². The molecule has 2 amide bonds. The number of benzene rings is 1. The van der Waals surface area contributed by atoms with Crippen LogP contribution in [-0.2, 0) is 16.0 Å². The molecule has 0 unspecified atom stereocenters. The van der Waals surface area contributed by atoms with Crippen LogP contribution in [0.4, 0.5) is 10.2 Å². The van der Waals surface area contributed by atoms with Crippen molar-refractivity contribution in [2.45, 2.75) is 19.8 Å². The number of nitrogens with zero attached hydrogens (tertiary/aromatic N) is 1. The second kappa shape index (κ2) is 8.77. The molecule has 0 fully saturated rings. The molecular weight excluding hydrogens is 325 g/mol. The minimum absolute atomic E-state index is 0.0297. The van der Waals surface area contributed by atoms with Gasteiger partial charge in [0.15, 0.2) is 11.6 Å². The van der Waals surface area contributed by atoms with Gasteiger partial charge in [0.2, 0.25) is 11.8 Å². The molecule has 1 aromatic heterocycles. The highest BCUT2D eigenvalue weighted by molar-refractivity contribution is 5.90. The van der Waals surface area contributed by atoms with Gasteiger partial charge >= 0.3 is 0 Å². The van der Waals surface area contributed by atoms with E-state index in [0.717, 1.165) is 5.69 Å². The molecule has 2 rings (SSSR count). The van der Waals surface area contributed by atoms with Crippen molar-refractivity contribution in [3.63, 3.8) is 0 Å². The van der Waals surface area contributed by atoms with Gasteiger partial charge in [-0.25, -0.2) is 9.37 Å². The van der Waals surface area contributed by atoms with Gasteiger partial charge < -0.3 is 15.4 Å². The van der Waals surface area contributed by atoms with Crippen LogP contribution >= 0.6 is 0 Å². The van der Waals surface area contributed by atoms with Gasteiger partial charge in [-0.1, -0.05) is 12.1 Å². The van der Waals surface area contributed by atoms with Crippen LogP contribution in [0.1, 0.15) is 17.7 Å². The van der Waals surface area contributed by atoms with Crippen LogP contribution < -0.4 is 15.4 Å².